The van der Waals surface area contributed by atoms with Crippen molar-refractivity contribution in [2.75, 3.05) is 6.54 Å². The van der Waals surface area contributed by atoms with Gasteiger partial charge in [-0.05, 0) is 51.8 Å². The van der Waals surface area contributed by atoms with Crippen molar-refractivity contribution < 1.29 is 13.9 Å². The summed E-state index contributed by atoms with van der Waals surface area (Å²) in [4.78, 5) is 11.7. The van der Waals surface area contributed by atoms with E-state index in [9.17, 15) is 9.18 Å². The van der Waals surface area contributed by atoms with Crippen LogP contribution in [0.5, 0.6) is 0 Å². The molecule has 1 aromatic rings. The van der Waals surface area contributed by atoms with E-state index < -0.39 is 11.7 Å². The molecule has 0 saturated heterocycles. The molecule has 0 radical (unpaired) electrons. The molecular weight excluding hydrogens is 319 g/mol. The van der Waals surface area contributed by atoms with Gasteiger partial charge < -0.3 is 15.4 Å². The minimum absolute atomic E-state index is 0.0543. The van der Waals surface area contributed by atoms with Gasteiger partial charge in [0.05, 0.1) is 0 Å². The zero-order chi connectivity index (χ0) is 17.6. The highest BCUT2D eigenvalue weighted by Crippen LogP contribution is 2.24. The van der Waals surface area contributed by atoms with Crippen LogP contribution >= 0.6 is 11.6 Å². The van der Waals surface area contributed by atoms with Crippen LogP contribution in [0.25, 0.3) is 0 Å². The summed E-state index contributed by atoms with van der Waals surface area (Å²) in [6, 6.07) is 4.35. The standard InChI is InChI=1S/C17H26ClFN2O2/c1-6-13(10-20-16(22)23-17(3,4)5)21-11(2)14-8-7-12(19)9-15(14)18/h7-9,11,13,21H,6,10H2,1-5H3,(H,20,22). The van der Waals surface area contributed by atoms with Gasteiger partial charge in [-0.15, -0.1) is 0 Å². The second-order valence-electron chi connectivity index (χ2n) is 6.54. The van der Waals surface area contributed by atoms with Crippen LogP contribution < -0.4 is 10.6 Å². The first-order valence-corrected chi connectivity index (χ1v) is 8.18. The molecule has 1 rings (SSSR count). The normalized spacial score (nSPS) is 14.2. The highest BCUT2D eigenvalue weighted by Gasteiger charge is 2.18. The van der Waals surface area contributed by atoms with E-state index in [0.717, 1.165) is 12.0 Å². The van der Waals surface area contributed by atoms with E-state index in [1.54, 1.807) is 6.07 Å². The summed E-state index contributed by atoms with van der Waals surface area (Å²) in [5, 5.41) is 6.53. The number of hydrogen-bond acceptors (Lipinski definition) is 3. The predicted octanol–water partition coefficient (Wildman–Crippen LogP) is 4.43. The van der Waals surface area contributed by atoms with Crippen molar-refractivity contribution in [1.29, 1.82) is 0 Å². The number of carbonyl (C=O) groups is 1. The Morgan fingerprint density at radius 3 is 2.57 bits per heavy atom. The zero-order valence-corrected chi connectivity index (χ0v) is 15.1. The summed E-state index contributed by atoms with van der Waals surface area (Å²) in [6.07, 6.45) is 0.379. The Morgan fingerprint density at radius 2 is 2.04 bits per heavy atom. The van der Waals surface area contributed by atoms with Gasteiger partial charge in [0, 0.05) is 23.7 Å². The van der Waals surface area contributed by atoms with Crippen LogP contribution in [0.3, 0.4) is 0 Å². The van der Waals surface area contributed by atoms with Gasteiger partial charge >= 0.3 is 6.09 Å². The summed E-state index contributed by atoms with van der Waals surface area (Å²) >= 11 is 6.08. The number of benzene rings is 1. The number of ether oxygens (including phenoxy) is 1. The molecule has 1 aromatic carbocycles. The maximum Gasteiger partial charge on any atom is 0.407 e. The average Bonchev–Trinajstić information content (AvgIpc) is 2.41. The fourth-order valence-corrected chi connectivity index (χ4v) is 2.47. The lowest BCUT2D eigenvalue weighted by Crippen LogP contribution is -2.43. The summed E-state index contributed by atoms with van der Waals surface area (Å²) in [7, 11) is 0. The van der Waals surface area contributed by atoms with Crippen molar-refractivity contribution >= 4 is 17.7 Å². The zero-order valence-electron chi connectivity index (χ0n) is 14.4. The molecule has 2 atom stereocenters. The lowest BCUT2D eigenvalue weighted by atomic mass is 10.1. The Morgan fingerprint density at radius 1 is 1.39 bits per heavy atom. The summed E-state index contributed by atoms with van der Waals surface area (Å²) in [6.45, 7) is 9.87. The van der Waals surface area contributed by atoms with E-state index >= 15 is 0 Å². The Hall–Kier alpha value is -1.33. The highest BCUT2D eigenvalue weighted by molar-refractivity contribution is 6.31. The SMILES string of the molecule is CCC(CNC(=O)OC(C)(C)C)NC(C)c1ccc(F)cc1Cl. The molecule has 2 N–H and O–H groups in total. The molecule has 0 aliphatic carbocycles. The number of amides is 1. The van der Waals surface area contributed by atoms with Crippen molar-refractivity contribution in [2.45, 2.75) is 58.7 Å². The topological polar surface area (TPSA) is 50.4 Å². The second-order valence-corrected chi connectivity index (χ2v) is 6.95. The van der Waals surface area contributed by atoms with Crippen LogP contribution in [0.2, 0.25) is 5.02 Å². The highest BCUT2D eigenvalue weighted by atomic mass is 35.5. The Kier molecular flexibility index (Phi) is 7.29. The molecule has 4 nitrogen and oxygen atoms in total. The third-order valence-electron chi connectivity index (χ3n) is 3.30. The first-order valence-electron chi connectivity index (χ1n) is 7.80. The van der Waals surface area contributed by atoms with E-state index in [4.69, 9.17) is 16.3 Å². The van der Waals surface area contributed by atoms with E-state index in [1.165, 1.54) is 12.1 Å². The molecule has 0 heterocycles. The molecule has 0 aromatic heterocycles. The van der Waals surface area contributed by atoms with Gasteiger partial charge in [-0.25, -0.2) is 9.18 Å². The minimum atomic E-state index is -0.520. The van der Waals surface area contributed by atoms with Crippen LogP contribution in [-0.4, -0.2) is 24.3 Å². The van der Waals surface area contributed by atoms with Crippen molar-refractivity contribution in [3.8, 4) is 0 Å². The van der Waals surface area contributed by atoms with Crippen molar-refractivity contribution in [3.05, 3.63) is 34.6 Å². The van der Waals surface area contributed by atoms with Crippen LogP contribution in [0.4, 0.5) is 9.18 Å². The summed E-state index contributed by atoms with van der Waals surface area (Å²) in [5.41, 5.74) is 0.303. The maximum absolute atomic E-state index is 13.1. The van der Waals surface area contributed by atoms with Crippen molar-refractivity contribution in [2.24, 2.45) is 0 Å². The number of rotatable bonds is 6. The molecule has 1 amide bonds. The molecule has 0 aliphatic rings. The van der Waals surface area contributed by atoms with Crippen LogP contribution in [0, 0.1) is 5.82 Å². The van der Waals surface area contributed by atoms with Gasteiger partial charge in [0.25, 0.3) is 0 Å². The third-order valence-corrected chi connectivity index (χ3v) is 3.63. The lowest BCUT2D eigenvalue weighted by molar-refractivity contribution is 0.0521. The van der Waals surface area contributed by atoms with Gasteiger partial charge in [0.2, 0.25) is 0 Å². The third kappa shape index (κ3) is 7.18. The van der Waals surface area contributed by atoms with Gasteiger partial charge in [-0.1, -0.05) is 24.6 Å². The molecule has 130 valence electrons. The molecule has 0 fully saturated rings. The molecule has 2 unspecified atom stereocenters. The molecular formula is C17H26ClFN2O2. The molecule has 0 aliphatic heterocycles. The molecule has 0 saturated carbocycles. The lowest BCUT2D eigenvalue weighted by Gasteiger charge is -2.25. The van der Waals surface area contributed by atoms with E-state index in [-0.39, 0.29) is 17.9 Å². The van der Waals surface area contributed by atoms with Gasteiger partial charge in [0.15, 0.2) is 0 Å². The van der Waals surface area contributed by atoms with Gasteiger partial charge in [-0.3, -0.25) is 0 Å². The van der Waals surface area contributed by atoms with Crippen molar-refractivity contribution in [1.82, 2.24) is 10.6 Å². The second kappa shape index (κ2) is 8.50. The molecule has 6 heteroatoms. The van der Waals surface area contributed by atoms with Crippen LogP contribution in [0.15, 0.2) is 18.2 Å². The molecule has 23 heavy (non-hydrogen) atoms. The quantitative estimate of drug-likeness (QED) is 0.802. The fraction of sp³-hybridized carbons (Fsp3) is 0.588. The van der Waals surface area contributed by atoms with Crippen molar-refractivity contribution in [3.63, 3.8) is 0 Å². The maximum atomic E-state index is 13.1. The smallest absolute Gasteiger partial charge is 0.407 e. The number of nitrogens with one attached hydrogen (secondary N) is 2. The average molecular weight is 345 g/mol. The van der Waals surface area contributed by atoms with Gasteiger partial charge in [0.1, 0.15) is 11.4 Å². The summed E-state index contributed by atoms with van der Waals surface area (Å²) < 4.78 is 18.3. The number of carbonyl (C=O) groups excluding carboxylic acids is 1. The number of hydrogen-bond donors (Lipinski definition) is 2. The first-order chi connectivity index (χ1) is 10.6. The first kappa shape index (κ1) is 19.7. The fourth-order valence-electron chi connectivity index (χ4n) is 2.14. The van der Waals surface area contributed by atoms with Gasteiger partial charge in [-0.2, -0.15) is 0 Å². The largest absolute Gasteiger partial charge is 0.444 e. The van der Waals surface area contributed by atoms with E-state index in [1.807, 2.05) is 34.6 Å². The number of halogens is 2. The van der Waals surface area contributed by atoms with E-state index in [0.29, 0.717) is 11.6 Å². The van der Waals surface area contributed by atoms with E-state index in [2.05, 4.69) is 10.6 Å². The summed E-state index contributed by atoms with van der Waals surface area (Å²) in [5.74, 6) is -0.357. The van der Waals surface area contributed by atoms with Crippen LogP contribution in [-0.2, 0) is 4.74 Å². The molecule has 0 spiro atoms. The molecule has 0 bridgehead atoms. The Bertz CT molecular complexity index is 532. The minimum Gasteiger partial charge on any atom is -0.444 e. The van der Waals surface area contributed by atoms with Crippen LogP contribution in [0.1, 0.15) is 52.6 Å². The monoisotopic (exact) mass is 344 g/mol. The predicted molar refractivity (Wildman–Crippen MR) is 91.3 cm³/mol. The Balaban J connectivity index is 2.57. The Labute approximate surface area is 142 Å². The number of alkyl carbamates (subject to hydrolysis) is 1.